The topological polar surface area (TPSA) is 105 Å². The molecule has 148 valence electrons. The van der Waals surface area contributed by atoms with Gasteiger partial charge in [-0.25, -0.2) is 0 Å². The van der Waals surface area contributed by atoms with Crippen molar-refractivity contribution >= 4 is 23.2 Å². The molecule has 1 aromatic rings. The number of hydrogen-bond donors (Lipinski definition) is 2. The molecule has 1 saturated heterocycles. The van der Waals surface area contributed by atoms with E-state index in [1.165, 1.54) is 6.07 Å². The number of benzene rings is 1. The van der Waals surface area contributed by atoms with Gasteiger partial charge in [0.1, 0.15) is 5.69 Å². The molecule has 0 aromatic heterocycles. The van der Waals surface area contributed by atoms with Crippen molar-refractivity contribution in [2.75, 3.05) is 25.0 Å². The summed E-state index contributed by atoms with van der Waals surface area (Å²) in [5.41, 5.74) is 0.511. The Morgan fingerprint density at radius 2 is 2.07 bits per heavy atom. The summed E-state index contributed by atoms with van der Waals surface area (Å²) in [6, 6.07) is 4.38. The number of rotatable bonds is 8. The van der Waals surface area contributed by atoms with E-state index in [1.807, 2.05) is 18.7 Å². The van der Waals surface area contributed by atoms with Gasteiger partial charge in [0.15, 0.2) is 0 Å². The van der Waals surface area contributed by atoms with Gasteiger partial charge in [0.25, 0.3) is 11.6 Å². The first-order chi connectivity index (χ1) is 12.9. The van der Waals surface area contributed by atoms with Crippen molar-refractivity contribution in [1.29, 1.82) is 0 Å². The average Bonchev–Trinajstić information content (AvgIpc) is 2.82. The largest absolute Gasteiger partial charge is 0.379 e. The Hall–Kier alpha value is -2.64. The van der Waals surface area contributed by atoms with Crippen LogP contribution in [0.4, 0.5) is 11.4 Å². The molecule has 2 rings (SSSR count). The predicted molar refractivity (Wildman–Crippen MR) is 104 cm³/mol. The standard InChI is InChI=1S/C19H28N4O4/c1-14(2)21-19(25)15-8-9-16(17(13-15)23(26)27)20-10-6-12-22-11-5-3-4-7-18(22)24/h8-9,13-14,20H,3-7,10-12H2,1-2H3,(H,21,25). The number of likely N-dealkylation sites (tertiary alicyclic amines) is 1. The third-order valence-corrected chi connectivity index (χ3v) is 4.47. The highest BCUT2D eigenvalue weighted by atomic mass is 16.6. The molecule has 8 heteroatoms. The van der Waals surface area contributed by atoms with Crippen molar-refractivity contribution in [1.82, 2.24) is 10.2 Å². The Labute approximate surface area is 159 Å². The molecule has 0 radical (unpaired) electrons. The maximum atomic E-state index is 12.0. The minimum atomic E-state index is -0.493. The second-order valence-corrected chi connectivity index (χ2v) is 7.09. The van der Waals surface area contributed by atoms with Crippen LogP contribution in [-0.2, 0) is 4.79 Å². The molecule has 27 heavy (non-hydrogen) atoms. The van der Waals surface area contributed by atoms with E-state index in [9.17, 15) is 19.7 Å². The van der Waals surface area contributed by atoms with Gasteiger partial charge in [0.05, 0.1) is 4.92 Å². The van der Waals surface area contributed by atoms with Crippen LogP contribution < -0.4 is 10.6 Å². The van der Waals surface area contributed by atoms with Crippen molar-refractivity contribution in [3.8, 4) is 0 Å². The molecule has 1 aliphatic heterocycles. The lowest BCUT2D eigenvalue weighted by Crippen LogP contribution is -2.32. The first kappa shape index (κ1) is 20.7. The maximum Gasteiger partial charge on any atom is 0.293 e. The highest BCUT2D eigenvalue weighted by Crippen LogP contribution is 2.25. The van der Waals surface area contributed by atoms with Gasteiger partial charge in [-0.15, -0.1) is 0 Å². The normalized spacial score (nSPS) is 14.8. The second-order valence-electron chi connectivity index (χ2n) is 7.09. The van der Waals surface area contributed by atoms with Gasteiger partial charge in [-0.2, -0.15) is 0 Å². The summed E-state index contributed by atoms with van der Waals surface area (Å²) in [5, 5.41) is 17.1. The lowest BCUT2D eigenvalue weighted by Gasteiger charge is -2.20. The molecule has 0 spiro atoms. The SMILES string of the molecule is CC(C)NC(=O)c1ccc(NCCCN2CCCCCC2=O)c([N+](=O)[O-])c1. The van der Waals surface area contributed by atoms with Crippen LogP contribution in [0, 0.1) is 10.1 Å². The number of nitro groups is 1. The van der Waals surface area contributed by atoms with Gasteiger partial charge in [-0.3, -0.25) is 19.7 Å². The molecule has 2 N–H and O–H groups in total. The minimum Gasteiger partial charge on any atom is -0.379 e. The summed E-state index contributed by atoms with van der Waals surface area (Å²) >= 11 is 0. The van der Waals surface area contributed by atoms with Crippen LogP contribution in [0.15, 0.2) is 18.2 Å². The maximum absolute atomic E-state index is 12.0. The molecule has 2 amide bonds. The van der Waals surface area contributed by atoms with E-state index in [0.29, 0.717) is 31.6 Å². The van der Waals surface area contributed by atoms with Gasteiger partial charge >= 0.3 is 0 Å². The van der Waals surface area contributed by atoms with Gasteiger partial charge in [0, 0.05) is 43.7 Å². The molecule has 1 heterocycles. The fourth-order valence-electron chi connectivity index (χ4n) is 3.09. The average molecular weight is 376 g/mol. The van der Waals surface area contributed by atoms with Gasteiger partial charge in [-0.05, 0) is 45.2 Å². The molecule has 1 aromatic carbocycles. The number of nitro benzene ring substituents is 1. The zero-order chi connectivity index (χ0) is 19.8. The molecule has 0 unspecified atom stereocenters. The fraction of sp³-hybridized carbons (Fsp3) is 0.579. The number of amides is 2. The zero-order valence-electron chi connectivity index (χ0n) is 16.0. The van der Waals surface area contributed by atoms with Crippen LogP contribution in [0.5, 0.6) is 0 Å². The van der Waals surface area contributed by atoms with Crippen LogP contribution >= 0.6 is 0 Å². The quantitative estimate of drug-likeness (QED) is 0.412. The van der Waals surface area contributed by atoms with Crippen molar-refractivity contribution in [2.45, 2.75) is 52.0 Å². The molecular weight excluding hydrogens is 348 g/mol. The lowest BCUT2D eigenvalue weighted by atomic mass is 10.1. The summed E-state index contributed by atoms with van der Waals surface area (Å²) < 4.78 is 0. The lowest BCUT2D eigenvalue weighted by molar-refractivity contribution is -0.384. The summed E-state index contributed by atoms with van der Waals surface area (Å²) in [6.07, 6.45) is 4.39. The van der Waals surface area contributed by atoms with Gasteiger partial charge in [0.2, 0.25) is 5.91 Å². The molecule has 1 aliphatic rings. The molecule has 0 aliphatic carbocycles. The molecule has 1 fully saturated rings. The first-order valence-corrected chi connectivity index (χ1v) is 9.49. The number of nitrogens with zero attached hydrogens (tertiary/aromatic N) is 2. The highest BCUT2D eigenvalue weighted by molar-refractivity contribution is 5.95. The molecule has 0 bridgehead atoms. The number of carbonyl (C=O) groups is 2. The van der Waals surface area contributed by atoms with E-state index >= 15 is 0 Å². The van der Waals surface area contributed by atoms with Gasteiger partial charge < -0.3 is 15.5 Å². The Morgan fingerprint density at radius 1 is 1.30 bits per heavy atom. The van der Waals surface area contributed by atoms with Crippen LogP contribution in [0.1, 0.15) is 56.3 Å². The first-order valence-electron chi connectivity index (χ1n) is 9.49. The summed E-state index contributed by atoms with van der Waals surface area (Å²) in [6.45, 7) is 5.61. The Balaban J connectivity index is 1.94. The molecular formula is C19H28N4O4. The molecule has 8 nitrogen and oxygen atoms in total. The van der Waals surface area contributed by atoms with E-state index in [4.69, 9.17) is 0 Å². The monoisotopic (exact) mass is 376 g/mol. The van der Waals surface area contributed by atoms with Crippen molar-refractivity contribution in [2.24, 2.45) is 0 Å². The molecule has 0 atom stereocenters. The van der Waals surface area contributed by atoms with Crippen LogP contribution in [0.2, 0.25) is 0 Å². The van der Waals surface area contributed by atoms with Crippen LogP contribution in [-0.4, -0.2) is 47.3 Å². The van der Waals surface area contributed by atoms with E-state index in [2.05, 4.69) is 10.6 Å². The third kappa shape index (κ3) is 6.23. The minimum absolute atomic E-state index is 0.0453. The van der Waals surface area contributed by atoms with Crippen molar-refractivity contribution in [3.63, 3.8) is 0 Å². The van der Waals surface area contributed by atoms with E-state index in [-0.39, 0.29) is 29.1 Å². The Kier molecular flexibility index (Phi) is 7.57. The van der Waals surface area contributed by atoms with Gasteiger partial charge in [-0.1, -0.05) is 6.42 Å². The third-order valence-electron chi connectivity index (χ3n) is 4.47. The number of nitrogens with one attached hydrogen (secondary N) is 2. The van der Waals surface area contributed by atoms with Crippen molar-refractivity contribution in [3.05, 3.63) is 33.9 Å². The number of carbonyl (C=O) groups excluding carboxylic acids is 2. The van der Waals surface area contributed by atoms with Crippen molar-refractivity contribution < 1.29 is 14.5 Å². The second kappa shape index (κ2) is 9.89. The summed E-state index contributed by atoms with van der Waals surface area (Å²) in [7, 11) is 0. The highest BCUT2D eigenvalue weighted by Gasteiger charge is 2.19. The summed E-state index contributed by atoms with van der Waals surface area (Å²) in [4.78, 5) is 36.8. The Morgan fingerprint density at radius 3 is 2.78 bits per heavy atom. The fourth-order valence-corrected chi connectivity index (χ4v) is 3.09. The Bertz CT molecular complexity index is 690. The number of anilines is 1. The van der Waals surface area contributed by atoms with Crippen LogP contribution in [0.3, 0.4) is 0 Å². The predicted octanol–water partition coefficient (Wildman–Crippen LogP) is 2.94. The smallest absolute Gasteiger partial charge is 0.293 e. The van der Waals surface area contributed by atoms with E-state index in [0.717, 1.165) is 25.8 Å². The zero-order valence-corrected chi connectivity index (χ0v) is 16.0. The van der Waals surface area contributed by atoms with E-state index < -0.39 is 4.92 Å². The van der Waals surface area contributed by atoms with Crippen LogP contribution in [0.25, 0.3) is 0 Å². The molecule has 0 saturated carbocycles. The van der Waals surface area contributed by atoms with E-state index in [1.54, 1.807) is 12.1 Å². The number of hydrogen-bond acceptors (Lipinski definition) is 5. The summed E-state index contributed by atoms with van der Waals surface area (Å²) in [5.74, 6) is -0.140.